The van der Waals surface area contributed by atoms with Crippen molar-refractivity contribution in [2.24, 2.45) is 10.9 Å². The summed E-state index contributed by atoms with van der Waals surface area (Å²) >= 11 is 0. The first-order chi connectivity index (χ1) is 9.20. The fourth-order valence-electron chi connectivity index (χ4n) is 1.64. The van der Waals surface area contributed by atoms with Gasteiger partial charge in [-0.05, 0) is 12.1 Å². The average molecular weight is 267 g/mol. The number of rotatable bonds is 8. The van der Waals surface area contributed by atoms with Gasteiger partial charge in [0.1, 0.15) is 0 Å². The molecule has 19 heavy (non-hydrogen) atoms. The molecule has 6 nitrogen and oxygen atoms in total. The molecule has 0 unspecified atom stereocenters. The van der Waals surface area contributed by atoms with Crippen molar-refractivity contribution in [2.75, 3.05) is 45.4 Å². The van der Waals surface area contributed by atoms with E-state index in [1.54, 1.807) is 7.11 Å². The number of hydrogen-bond donors (Lipinski definition) is 2. The smallest absolute Gasteiger partial charge is 0.172 e. The van der Waals surface area contributed by atoms with Crippen LogP contribution in [0.15, 0.2) is 29.4 Å². The molecule has 0 spiro atoms. The van der Waals surface area contributed by atoms with E-state index in [9.17, 15) is 0 Å². The highest BCUT2D eigenvalue weighted by Crippen LogP contribution is 2.18. The van der Waals surface area contributed by atoms with Crippen molar-refractivity contribution in [3.8, 4) is 0 Å². The van der Waals surface area contributed by atoms with Gasteiger partial charge in [0, 0.05) is 32.0 Å². The standard InChI is InChI=1S/C13H21N3O3/c1-16(7-8-19-10-9-18-2)12-6-4-3-5-11(12)13(14)15-17/h3-6,17H,7-10H2,1-2H3,(H2,14,15). The minimum atomic E-state index is 0.0998. The third-order valence-electron chi connectivity index (χ3n) is 2.70. The highest BCUT2D eigenvalue weighted by Gasteiger charge is 2.09. The second kappa shape index (κ2) is 8.34. The zero-order valence-electron chi connectivity index (χ0n) is 11.4. The predicted molar refractivity (Wildman–Crippen MR) is 74.9 cm³/mol. The molecule has 0 saturated carbocycles. The van der Waals surface area contributed by atoms with Crippen molar-refractivity contribution in [1.29, 1.82) is 0 Å². The Balaban J connectivity index is 2.59. The van der Waals surface area contributed by atoms with Crippen LogP contribution in [0.2, 0.25) is 0 Å². The van der Waals surface area contributed by atoms with Gasteiger partial charge in [0.2, 0.25) is 0 Å². The number of oxime groups is 1. The largest absolute Gasteiger partial charge is 0.409 e. The molecule has 6 heteroatoms. The summed E-state index contributed by atoms with van der Waals surface area (Å²) in [7, 11) is 3.58. The zero-order chi connectivity index (χ0) is 14.1. The van der Waals surface area contributed by atoms with Gasteiger partial charge in [-0.3, -0.25) is 0 Å². The van der Waals surface area contributed by atoms with Crippen molar-refractivity contribution in [1.82, 2.24) is 0 Å². The lowest BCUT2D eigenvalue weighted by Crippen LogP contribution is -2.26. The topological polar surface area (TPSA) is 80.3 Å². The molecule has 0 heterocycles. The van der Waals surface area contributed by atoms with E-state index in [0.717, 1.165) is 5.69 Å². The lowest BCUT2D eigenvalue weighted by molar-refractivity contribution is 0.0744. The number of amidine groups is 1. The minimum Gasteiger partial charge on any atom is -0.409 e. The van der Waals surface area contributed by atoms with Crippen molar-refractivity contribution in [3.63, 3.8) is 0 Å². The van der Waals surface area contributed by atoms with E-state index in [1.165, 1.54) is 0 Å². The Morgan fingerprint density at radius 2 is 2.05 bits per heavy atom. The monoisotopic (exact) mass is 267 g/mol. The highest BCUT2D eigenvalue weighted by molar-refractivity contribution is 6.02. The SMILES string of the molecule is COCCOCCN(C)c1ccccc1C(N)=NO. The Hall–Kier alpha value is -1.79. The molecular formula is C13H21N3O3. The Kier molecular flexibility index (Phi) is 6.70. The van der Waals surface area contributed by atoms with Crippen LogP contribution in [0.5, 0.6) is 0 Å². The Morgan fingerprint density at radius 3 is 2.74 bits per heavy atom. The van der Waals surface area contributed by atoms with E-state index in [-0.39, 0.29) is 5.84 Å². The van der Waals surface area contributed by atoms with Crippen molar-refractivity contribution >= 4 is 11.5 Å². The van der Waals surface area contributed by atoms with Gasteiger partial charge in [0.15, 0.2) is 5.84 Å². The summed E-state index contributed by atoms with van der Waals surface area (Å²) in [5, 5.41) is 11.8. The van der Waals surface area contributed by atoms with Gasteiger partial charge in [-0.25, -0.2) is 0 Å². The quantitative estimate of drug-likeness (QED) is 0.240. The summed E-state index contributed by atoms with van der Waals surface area (Å²) in [6.07, 6.45) is 0. The molecular weight excluding hydrogens is 246 g/mol. The summed E-state index contributed by atoms with van der Waals surface area (Å²) in [4.78, 5) is 2.00. The maximum Gasteiger partial charge on any atom is 0.172 e. The van der Waals surface area contributed by atoms with E-state index < -0.39 is 0 Å². The summed E-state index contributed by atoms with van der Waals surface area (Å²) in [6, 6.07) is 7.49. The van der Waals surface area contributed by atoms with Crippen LogP contribution in [-0.4, -0.2) is 51.6 Å². The minimum absolute atomic E-state index is 0.0998. The number of likely N-dealkylation sites (N-methyl/N-ethyl adjacent to an activating group) is 1. The van der Waals surface area contributed by atoms with Crippen molar-refractivity contribution < 1.29 is 14.7 Å². The molecule has 0 fully saturated rings. The fourth-order valence-corrected chi connectivity index (χ4v) is 1.64. The third kappa shape index (κ3) is 4.76. The second-order valence-electron chi connectivity index (χ2n) is 4.03. The van der Waals surface area contributed by atoms with E-state index in [4.69, 9.17) is 20.4 Å². The van der Waals surface area contributed by atoms with Gasteiger partial charge in [-0.15, -0.1) is 0 Å². The Bertz CT molecular complexity index is 410. The third-order valence-corrected chi connectivity index (χ3v) is 2.70. The van der Waals surface area contributed by atoms with Gasteiger partial charge in [-0.2, -0.15) is 0 Å². The molecule has 0 radical (unpaired) electrons. The van der Waals surface area contributed by atoms with Crippen LogP contribution in [0, 0.1) is 0 Å². The molecule has 0 aliphatic carbocycles. The normalized spacial score (nSPS) is 11.6. The summed E-state index contributed by atoms with van der Waals surface area (Å²) < 4.78 is 10.3. The van der Waals surface area contributed by atoms with Gasteiger partial charge >= 0.3 is 0 Å². The van der Waals surface area contributed by atoms with E-state index in [1.807, 2.05) is 36.2 Å². The highest BCUT2D eigenvalue weighted by atomic mass is 16.5. The molecule has 0 saturated heterocycles. The first-order valence-corrected chi connectivity index (χ1v) is 6.05. The molecule has 0 atom stereocenters. The number of nitrogens with two attached hydrogens (primary N) is 1. The molecule has 1 aromatic carbocycles. The molecule has 0 bridgehead atoms. The lowest BCUT2D eigenvalue weighted by atomic mass is 10.1. The summed E-state index contributed by atoms with van der Waals surface area (Å²) in [5.74, 6) is 0.0998. The number of methoxy groups -OCH3 is 1. The molecule has 0 aromatic heterocycles. The van der Waals surface area contributed by atoms with Crippen LogP contribution in [0.3, 0.4) is 0 Å². The predicted octanol–water partition coefficient (Wildman–Crippen LogP) is 0.880. The summed E-state index contributed by atoms with van der Waals surface area (Å²) in [6.45, 7) is 2.46. The van der Waals surface area contributed by atoms with Crippen LogP contribution in [0.4, 0.5) is 5.69 Å². The van der Waals surface area contributed by atoms with Crippen LogP contribution in [0.25, 0.3) is 0 Å². The van der Waals surface area contributed by atoms with Crippen LogP contribution >= 0.6 is 0 Å². The van der Waals surface area contributed by atoms with Gasteiger partial charge in [-0.1, -0.05) is 17.3 Å². The van der Waals surface area contributed by atoms with E-state index in [0.29, 0.717) is 31.9 Å². The Labute approximate surface area is 113 Å². The zero-order valence-corrected chi connectivity index (χ0v) is 11.4. The van der Waals surface area contributed by atoms with Crippen LogP contribution < -0.4 is 10.6 Å². The number of hydrogen-bond acceptors (Lipinski definition) is 5. The van der Waals surface area contributed by atoms with Crippen LogP contribution in [0.1, 0.15) is 5.56 Å². The molecule has 0 amide bonds. The van der Waals surface area contributed by atoms with E-state index >= 15 is 0 Å². The number of benzene rings is 1. The second-order valence-corrected chi connectivity index (χ2v) is 4.03. The number of ether oxygens (including phenoxy) is 2. The van der Waals surface area contributed by atoms with E-state index in [2.05, 4.69) is 5.16 Å². The first-order valence-electron chi connectivity index (χ1n) is 6.05. The van der Waals surface area contributed by atoms with Crippen molar-refractivity contribution in [2.45, 2.75) is 0 Å². The number of para-hydroxylation sites is 1. The number of anilines is 1. The van der Waals surface area contributed by atoms with Gasteiger partial charge < -0.3 is 25.3 Å². The van der Waals surface area contributed by atoms with Gasteiger partial charge in [0.25, 0.3) is 0 Å². The first kappa shape index (κ1) is 15.3. The molecule has 0 aliphatic heterocycles. The summed E-state index contributed by atoms with van der Waals surface area (Å²) in [5.41, 5.74) is 7.25. The molecule has 1 aromatic rings. The molecule has 0 aliphatic rings. The van der Waals surface area contributed by atoms with Gasteiger partial charge in [0.05, 0.1) is 19.8 Å². The number of nitrogens with zero attached hydrogens (tertiary/aromatic N) is 2. The maximum atomic E-state index is 8.77. The fraction of sp³-hybridized carbons (Fsp3) is 0.462. The molecule has 3 N–H and O–H groups in total. The Morgan fingerprint density at radius 1 is 1.32 bits per heavy atom. The van der Waals surface area contributed by atoms with Crippen molar-refractivity contribution in [3.05, 3.63) is 29.8 Å². The van der Waals surface area contributed by atoms with Crippen LogP contribution in [-0.2, 0) is 9.47 Å². The maximum absolute atomic E-state index is 8.77. The molecule has 1 rings (SSSR count). The lowest BCUT2D eigenvalue weighted by Gasteiger charge is -2.21. The molecule has 106 valence electrons. The average Bonchev–Trinajstić information content (AvgIpc) is 2.46.